The summed E-state index contributed by atoms with van der Waals surface area (Å²) in [6.45, 7) is 3.05. The first-order chi connectivity index (χ1) is 11.9. The minimum Gasteiger partial charge on any atom is -0.355 e. The zero-order valence-corrected chi connectivity index (χ0v) is 15.2. The van der Waals surface area contributed by atoms with Crippen LogP contribution in [-0.4, -0.2) is 51.4 Å². The third-order valence-corrected chi connectivity index (χ3v) is 6.97. The molecule has 1 aromatic carbocycles. The predicted molar refractivity (Wildman–Crippen MR) is 92.3 cm³/mol. The molecule has 2 N–H and O–H groups in total. The van der Waals surface area contributed by atoms with E-state index in [4.69, 9.17) is 11.6 Å². The van der Waals surface area contributed by atoms with Crippen molar-refractivity contribution in [2.75, 3.05) is 32.7 Å². The molecule has 2 heterocycles. The zero-order valence-electron chi connectivity index (χ0n) is 13.7. The topological polar surface area (TPSA) is 78.5 Å². The van der Waals surface area contributed by atoms with Crippen LogP contribution in [0.2, 0.25) is 5.02 Å². The lowest BCUT2D eigenvalue weighted by atomic mass is 9.96. The van der Waals surface area contributed by atoms with Crippen molar-refractivity contribution < 1.29 is 17.6 Å². The van der Waals surface area contributed by atoms with Crippen molar-refractivity contribution in [3.63, 3.8) is 0 Å². The van der Waals surface area contributed by atoms with Crippen molar-refractivity contribution >= 4 is 27.5 Å². The summed E-state index contributed by atoms with van der Waals surface area (Å²) >= 11 is 5.69. The van der Waals surface area contributed by atoms with E-state index in [0.29, 0.717) is 25.3 Å². The first-order valence-electron chi connectivity index (χ1n) is 8.31. The Balaban J connectivity index is 1.57. The molecule has 2 fully saturated rings. The lowest BCUT2D eigenvalue weighted by Crippen LogP contribution is -2.50. The molecule has 0 unspecified atom stereocenters. The van der Waals surface area contributed by atoms with Crippen molar-refractivity contribution in [2.45, 2.75) is 17.7 Å². The van der Waals surface area contributed by atoms with Gasteiger partial charge in [0.2, 0.25) is 15.9 Å². The van der Waals surface area contributed by atoms with E-state index >= 15 is 0 Å². The number of carbonyl (C=O) groups excluding carboxylic acids is 1. The quantitative estimate of drug-likeness (QED) is 0.793. The fourth-order valence-corrected chi connectivity index (χ4v) is 4.77. The highest BCUT2D eigenvalue weighted by Gasteiger charge is 2.32. The fourth-order valence-electron chi connectivity index (χ4n) is 3.03. The number of piperidine rings is 1. The van der Waals surface area contributed by atoms with Gasteiger partial charge in [-0.05, 0) is 31.0 Å². The van der Waals surface area contributed by atoms with E-state index in [1.807, 2.05) is 0 Å². The van der Waals surface area contributed by atoms with Crippen LogP contribution in [0.3, 0.4) is 0 Å². The summed E-state index contributed by atoms with van der Waals surface area (Å²) < 4.78 is 39.8. The number of hydrogen-bond acceptors (Lipinski definition) is 4. The first kappa shape index (κ1) is 18.6. The molecule has 25 heavy (non-hydrogen) atoms. The van der Waals surface area contributed by atoms with E-state index in [1.165, 1.54) is 10.4 Å². The standard InChI is InChI=1S/C16H21ClFN3O3S/c17-14-7-13(1-2-15(14)18)25(23,24)21-5-3-12(4-6-21)16(22)20-10-11-8-19-9-11/h1-2,7,11-12,19H,3-6,8-10H2,(H,20,22). The monoisotopic (exact) mass is 389 g/mol. The number of carbonyl (C=O) groups is 1. The molecule has 1 aromatic rings. The van der Waals surface area contributed by atoms with E-state index in [0.717, 1.165) is 25.2 Å². The second-order valence-corrected chi connectivity index (χ2v) is 8.87. The van der Waals surface area contributed by atoms with Gasteiger partial charge in [-0.1, -0.05) is 11.6 Å². The van der Waals surface area contributed by atoms with Crippen LogP contribution in [0.5, 0.6) is 0 Å². The normalized spacial score (nSPS) is 20.2. The van der Waals surface area contributed by atoms with Crippen LogP contribution in [0.4, 0.5) is 4.39 Å². The summed E-state index contributed by atoms with van der Waals surface area (Å²) in [4.78, 5) is 12.2. The molecular formula is C16H21ClFN3O3S. The molecule has 0 radical (unpaired) electrons. The second-order valence-electron chi connectivity index (χ2n) is 6.52. The maximum Gasteiger partial charge on any atom is 0.243 e. The molecule has 0 aromatic heterocycles. The molecule has 0 bridgehead atoms. The van der Waals surface area contributed by atoms with Gasteiger partial charge in [-0.15, -0.1) is 0 Å². The van der Waals surface area contributed by atoms with Crippen LogP contribution in [0.15, 0.2) is 23.1 Å². The Labute approximate surface area is 151 Å². The average molecular weight is 390 g/mol. The zero-order chi connectivity index (χ0) is 18.0. The van der Waals surface area contributed by atoms with Crippen LogP contribution in [-0.2, 0) is 14.8 Å². The number of nitrogens with zero attached hydrogens (tertiary/aromatic N) is 1. The van der Waals surface area contributed by atoms with Crippen molar-refractivity contribution in [1.29, 1.82) is 0 Å². The van der Waals surface area contributed by atoms with Gasteiger partial charge < -0.3 is 10.6 Å². The molecule has 0 spiro atoms. The van der Waals surface area contributed by atoms with Crippen molar-refractivity contribution in [2.24, 2.45) is 11.8 Å². The number of hydrogen-bond donors (Lipinski definition) is 2. The lowest BCUT2D eigenvalue weighted by Gasteiger charge is -2.32. The van der Waals surface area contributed by atoms with Crippen LogP contribution >= 0.6 is 11.6 Å². The molecule has 6 nitrogen and oxygen atoms in total. The van der Waals surface area contributed by atoms with Gasteiger partial charge in [0, 0.05) is 44.6 Å². The molecule has 1 amide bonds. The van der Waals surface area contributed by atoms with E-state index in [1.54, 1.807) is 0 Å². The highest BCUT2D eigenvalue weighted by Crippen LogP contribution is 2.26. The number of benzene rings is 1. The second kappa shape index (κ2) is 7.57. The Morgan fingerprint density at radius 3 is 2.56 bits per heavy atom. The molecule has 3 rings (SSSR count). The minimum absolute atomic E-state index is 0.00576. The minimum atomic E-state index is -3.73. The third-order valence-electron chi connectivity index (χ3n) is 4.78. The Morgan fingerprint density at radius 1 is 1.32 bits per heavy atom. The molecule has 0 atom stereocenters. The van der Waals surface area contributed by atoms with E-state index < -0.39 is 15.8 Å². The van der Waals surface area contributed by atoms with Gasteiger partial charge in [-0.3, -0.25) is 4.79 Å². The van der Waals surface area contributed by atoms with Gasteiger partial charge in [0.05, 0.1) is 9.92 Å². The Kier molecular flexibility index (Phi) is 5.62. The number of rotatable bonds is 5. The highest BCUT2D eigenvalue weighted by molar-refractivity contribution is 7.89. The van der Waals surface area contributed by atoms with Crippen LogP contribution in [0.1, 0.15) is 12.8 Å². The van der Waals surface area contributed by atoms with Crippen molar-refractivity contribution in [1.82, 2.24) is 14.9 Å². The van der Waals surface area contributed by atoms with Gasteiger partial charge in [-0.25, -0.2) is 12.8 Å². The van der Waals surface area contributed by atoms with Crippen LogP contribution in [0, 0.1) is 17.7 Å². The maximum absolute atomic E-state index is 13.2. The van der Waals surface area contributed by atoms with Gasteiger partial charge in [0.1, 0.15) is 5.82 Å². The summed E-state index contributed by atoms with van der Waals surface area (Å²) in [5.74, 6) is -0.338. The lowest BCUT2D eigenvalue weighted by molar-refractivity contribution is -0.126. The van der Waals surface area contributed by atoms with Crippen molar-refractivity contribution in [3.05, 3.63) is 29.0 Å². The largest absolute Gasteiger partial charge is 0.355 e. The number of amides is 1. The Bertz CT molecular complexity index is 747. The third kappa shape index (κ3) is 4.13. The van der Waals surface area contributed by atoms with Gasteiger partial charge in [-0.2, -0.15) is 4.31 Å². The summed E-state index contributed by atoms with van der Waals surface area (Å²) in [6, 6.07) is 3.38. The molecule has 138 valence electrons. The summed E-state index contributed by atoms with van der Waals surface area (Å²) in [6.07, 6.45) is 0.950. The molecule has 2 aliphatic heterocycles. The predicted octanol–water partition coefficient (Wildman–Crippen LogP) is 1.22. The molecule has 0 aliphatic carbocycles. The first-order valence-corrected chi connectivity index (χ1v) is 10.1. The van der Waals surface area contributed by atoms with E-state index in [-0.39, 0.29) is 34.8 Å². The summed E-state index contributed by atoms with van der Waals surface area (Å²) in [7, 11) is -3.73. The summed E-state index contributed by atoms with van der Waals surface area (Å²) in [5, 5.41) is 5.88. The number of sulfonamides is 1. The van der Waals surface area contributed by atoms with Gasteiger partial charge in [0.25, 0.3) is 0 Å². The average Bonchev–Trinajstić information content (AvgIpc) is 2.55. The molecular weight excluding hydrogens is 369 g/mol. The molecule has 0 saturated carbocycles. The Morgan fingerprint density at radius 2 is 2.00 bits per heavy atom. The van der Waals surface area contributed by atoms with Gasteiger partial charge >= 0.3 is 0 Å². The van der Waals surface area contributed by atoms with Gasteiger partial charge in [0.15, 0.2) is 0 Å². The van der Waals surface area contributed by atoms with E-state index in [2.05, 4.69) is 10.6 Å². The smallest absolute Gasteiger partial charge is 0.243 e. The Hall–Kier alpha value is -1.22. The molecule has 2 aliphatic rings. The van der Waals surface area contributed by atoms with Crippen LogP contribution in [0.25, 0.3) is 0 Å². The maximum atomic E-state index is 13.2. The molecule has 2 saturated heterocycles. The summed E-state index contributed by atoms with van der Waals surface area (Å²) in [5.41, 5.74) is 0. The van der Waals surface area contributed by atoms with E-state index in [9.17, 15) is 17.6 Å². The fraction of sp³-hybridized carbons (Fsp3) is 0.562. The molecule has 9 heteroatoms. The number of halogens is 2. The SMILES string of the molecule is O=C(NCC1CNC1)C1CCN(S(=O)(=O)c2ccc(F)c(Cl)c2)CC1. The van der Waals surface area contributed by atoms with Crippen LogP contribution < -0.4 is 10.6 Å². The highest BCUT2D eigenvalue weighted by atomic mass is 35.5. The number of nitrogens with one attached hydrogen (secondary N) is 2. The van der Waals surface area contributed by atoms with Crippen molar-refractivity contribution in [3.8, 4) is 0 Å².